The zero-order valence-corrected chi connectivity index (χ0v) is 21.3. The van der Waals surface area contributed by atoms with E-state index >= 15 is 0 Å². The molecule has 2 unspecified atom stereocenters. The van der Waals surface area contributed by atoms with E-state index < -0.39 is 12.6 Å². The fraction of sp³-hybridized carbons (Fsp3) is 0.379. The highest BCUT2D eigenvalue weighted by Gasteiger charge is 2.46. The summed E-state index contributed by atoms with van der Waals surface area (Å²) in [6, 6.07) is 14.3. The number of aromatic nitrogens is 4. The lowest BCUT2D eigenvalue weighted by atomic mass is 9.85. The van der Waals surface area contributed by atoms with E-state index in [0.717, 1.165) is 55.5 Å². The third kappa shape index (κ3) is 5.15. The third-order valence-electron chi connectivity index (χ3n) is 7.95. The summed E-state index contributed by atoms with van der Waals surface area (Å²) in [6.45, 7) is -0.219. The van der Waals surface area contributed by atoms with Gasteiger partial charge < -0.3 is 19.3 Å². The van der Waals surface area contributed by atoms with Gasteiger partial charge in [-0.2, -0.15) is 8.78 Å². The number of carboxylic acid groups (broad SMARTS) is 1. The number of halogens is 2. The minimum Gasteiger partial charge on any atom is -0.481 e. The van der Waals surface area contributed by atoms with Crippen LogP contribution in [0.3, 0.4) is 0 Å². The van der Waals surface area contributed by atoms with Crippen molar-refractivity contribution in [2.45, 2.75) is 38.8 Å². The van der Waals surface area contributed by atoms with Crippen molar-refractivity contribution in [2.24, 2.45) is 17.8 Å². The number of para-hydroxylation sites is 1. The minimum atomic E-state index is -2.73. The maximum Gasteiger partial charge on any atom is 0.387 e. The number of fused-ring (bicyclic) bond motifs is 5. The quantitative estimate of drug-likeness (QED) is 0.373. The van der Waals surface area contributed by atoms with Crippen molar-refractivity contribution in [3.05, 3.63) is 66.7 Å². The van der Waals surface area contributed by atoms with Crippen LogP contribution in [0.15, 0.2) is 60.9 Å². The van der Waals surface area contributed by atoms with Gasteiger partial charge in [0, 0.05) is 44.0 Å². The molecule has 2 aromatic carbocycles. The molecule has 2 aliphatic heterocycles. The molecule has 1 saturated carbocycles. The maximum atomic E-state index is 11.5. The average molecular weight is 534 g/mol. The Morgan fingerprint density at radius 3 is 2.38 bits per heavy atom. The van der Waals surface area contributed by atoms with Crippen LogP contribution in [0.25, 0.3) is 22.2 Å². The number of rotatable bonds is 5. The molecule has 8 nitrogen and oxygen atoms in total. The van der Waals surface area contributed by atoms with Crippen molar-refractivity contribution in [1.82, 2.24) is 19.5 Å². The minimum absolute atomic E-state index is 0.192. The van der Waals surface area contributed by atoms with E-state index in [4.69, 9.17) is 4.98 Å². The number of hydrogen-bond acceptors (Lipinski definition) is 6. The van der Waals surface area contributed by atoms with Crippen molar-refractivity contribution in [2.75, 3.05) is 18.0 Å². The molecule has 39 heavy (non-hydrogen) atoms. The van der Waals surface area contributed by atoms with E-state index in [0.29, 0.717) is 5.95 Å². The first kappa shape index (κ1) is 25.2. The van der Waals surface area contributed by atoms with E-state index in [-0.39, 0.29) is 23.5 Å². The number of aryl methyl sites for hydroxylation is 2. The Bertz CT molecular complexity index is 1450. The summed E-state index contributed by atoms with van der Waals surface area (Å²) in [6.07, 6.45) is 7.98. The predicted octanol–water partition coefficient (Wildman–Crippen LogP) is 5.27. The van der Waals surface area contributed by atoms with Gasteiger partial charge in [0.15, 0.2) is 0 Å². The number of piperidine rings is 1. The molecule has 1 N–H and O–H groups in total. The summed E-state index contributed by atoms with van der Waals surface area (Å²) in [5.74, 6) is 1.66. The molecular formula is C29H29F2N5O3. The number of ether oxygens (including phenoxy) is 1. The summed E-state index contributed by atoms with van der Waals surface area (Å²) in [5, 5.41) is 9.50. The van der Waals surface area contributed by atoms with Crippen molar-refractivity contribution in [1.29, 1.82) is 0 Å². The van der Waals surface area contributed by atoms with Crippen LogP contribution in [0.2, 0.25) is 0 Å². The lowest BCUT2D eigenvalue weighted by Crippen LogP contribution is -2.45. The van der Waals surface area contributed by atoms with Crippen LogP contribution in [0, 0.1) is 17.8 Å². The summed E-state index contributed by atoms with van der Waals surface area (Å²) in [7, 11) is 0. The molecule has 10 heteroatoms. The molecule has 202 valence electrons. The Hall–Kier alpha value is -4.08. The first-order valence-corrected chi connectivity index (χ1v) is 13.3. The molecule has 2 bridgehead atoms. The van der Waals surface area contributed by atoms with Crippen LogP contribution >= 0.6 is 0 Å². The highest BCUT2D eigenvalue weighted by atomic mass is 19.3. The molecule has 3 atom stereocenters. The van der Waals surface area contributed by atoms with Gasteiger partial charge in [-0.25, -0.2) is 15.0 Å². The number of imidazole rings is 1. The molecule has 1 aliphatic carbocycles. The van der Waals surface area contributed by atoms with Gasteiger partial charge in [-0.3, -0.25) is 4.79 Å². The van der Waals surface area contributed by atoms with E-state index in [1.807, 2.05) is 12.4 Å². The summed E-state index contributed by atoms with van der Waals surface area (Å²) < 4.78 is 29.4. The van der Waals surface area contributed by atoms with Crippen molar-refractivity contribution in [3.63, 3.8) is 0 Å². The normalized spacial score (nSPS) is 21.5. The van der Waals surface area contributed by atoms with Crippen LogP contribution in [-0.2, 0) is 17.8 Å². The van der Waals surface area contributed by atoms with Gasteiger partial charge in [-0.1, -0.05) is 24.3 Å². The number of nitrogens with zero attached hydrogens (tertiary/aromatic N) is 5. The second kappa shape index (κ2) is 10.6. The zero-order chi connectivity index (χ0) is 26.9. The molecule has 2 fully saturated rings. The van der Waals surface area contributed by atoms with Crippen LogP contribution in [0.4, 0.5) is 14.7 Å². The zero-order valence-electron chi connectivity index (χ0n) is 21.3. The van der Waals surface area contributed by atoms with Gasteiger partial charge in [-0.05, 0) is 60.9 Å². The number of alkyl halides is 2. The second-order valence-electron chi connectivity index (χ2n) is 10.3. The first-order chi connectivity index (χ1) is 19.0. The first-order valence-electron chi connectivity index (χ1n) is 13.3. The Morgan fingerprint density at radius 2 is 1.72 bits per heavy atom. The summed E-state index contributed by atoms with van der Waals surface area (Å²) in [4.78, 5) is 27.7. The largest absolute Gasteiger partial charge is 0.481 e. The topological polar surface area (TPSA) is 93.4 Å². The second-order valence-corrected chi connectivity index (χ2v) is 10.3. The molecule has 0 spiro atoms. The smallest absolute Gasteiger partial charge is 0.387 e. The molecule has 1 saturated heterocycles. The van der Waals surface area contributed by atoms with E-state index in [1.165, 1.54) is 29.9 Å². The molecule has 0 amide bonds. The third-order valence-corrected chi connectivity index (χ3v) is 7.95. The highest BCUT2D eigenvalue weighted by molar-refractivity contribution is 5.82. The highest BCUT2D eigenvalue weighted by Crippen LogP contribution is 2.42. The summed E-state index contributed by atoms with van der Waals surface area (Å²) >= 11 is 0. The van der Waals surface area contributed by atoms with Crippen molar-refractivity contribution < 1.29 is 23.4 Å². The fourth-order valence-corrected chi connectivity index (χ4v) is 6.21. The van der Waals surface area contributed by atoms with Gasteiger partial charge in [0.05, 0.1) is 17.0 Å². The lowest BCUT2D eigenvalue weighted by molar-refractivity contribution is -0.144. The molecule has 0 radical (unpaired) electrons. The van der Waals surface area contributed by atoms with Gasteiger partial charge in [0.1, 0.15) is 11.6 Å². The standard InChI is InChI=1S/C22H23N5O2.C7H6F2O/c28-21(29)20-14-3-4-15(20)12-26(11-14)22-23-9-16(10-24-22)13-5-6-17-18(8-13)27-7-1-2-19(27)25-17;8-7(9)10-6-4-2-1-3-5-6/h5-6,8-10,14-15,20H,1-4,7,11-12H2,(H,28,29);1-5,7H/t14-,15?,20?;/m1./s1. The van der Waals surface area contributed by atoms with Gasteiger partial charge in [0.2, 0.25) is 5.95 Å². The van der Waals surface area contributed by atoms with Crippen LogP contribution in [0.1, 0.15) is 25.1 Å². The van der Waals surface area contributed by atoms with Crippen LogP contribution in [0.5, 0.6) is 5.75 Å². The number of aliphatic carboxylic acids is 1. The van der Waals surface area contributed by atoms with Gasteiger partial charge in [0.25, 0.3) is 0 Å². The average Bonchev–Trinajstić information content (AvgIpc) is 3.61. The molecule has 4 heterocycles. The van der Waals surface area contributed by atoms with Crippen LogP contribution < -0.4 is 9.64 Å². The summed E-state index contributed by atoms with van der Waals surface area (Å²) in [5.41, 5.74) is 4.33. The van der Waals surface area contributed by atoms with E-state index in [2.05, 4.69) is 42.4 Å². The number of carbonyl (C=O) groups is 1. The van der Waals surface area contributed by atoms with E-state index in [1.54, 1.807) is 18.2 Å². The lowest BCUT2D eigenvalue weighted by Gasteiger charge is -2.35. The molecule has 7 rings (SSSR count). The Balaban J connectivity index is 0.000000235. The Kier molecular flexibility index (Phi) is 6.85. The number of carboxylic acids is 1. The van der Waals surface area contributed by atoms with E-state index in [9.17, 15) is 18.7 Å². The van der Waals surface area contributed by atoms with Crippen LogP contribution in [-0.4, -0.2) is 50.3 Å². The Labute approximate surface area is 224 Å². The molecule has 2 aromatic heterocycles. The SMILES string of the molecule is FC(F)Oc1ccccc1.O=C(O)C1C2CC[C@@H]1CN(c1ncc(-c3ccc4nc5n(c4c3)CCC5)cn1)C2. The molecular weight excluding hydrogens is 504 g/mol. The Morgan fingerprint density at radius 1 is 1.00 bits per heavy atom. The monoisotopic (exact) mass is 533 g/mol. The van der Waals surface area contributed by atoms with Gasteiger partial charge in [-0.15, -0.1) is 0 Å². The number of anilines is 1. The predicted molar refractivity (Wildman–Crippen MR) is 142 cm³/mol. The number of benzene rings is 2. The van der Waals surface area contributed by atoms with Crippen molar-refractivity contribution >= 4 is 23.0 Å². The number of hydrogen-bond donors (Lipinski definition) is 1. The van der Waals surface area contributed by atoms with Crippen molar-refractivity contribution in [3.8, 4) is 16.9 Å². The molecule has 4 aromatic rings. The maximum absolute atomic E-state index is 11.5. The van der Waals surface area contributed by atoms with Gasteiger partial charge >= 0.3 is 12.6 Å². The molecule has 3 aliphatic rings. The fourth-order valence-electron chi connectivity index (χ4n) is 6.21.